The van der Waals surface area contributed by atoms with Gasteiger partial charge in [-0.15, -0.1) is 11.3 Å². The zero-order chi connectivity index (χ0) is 14.4. The molecule has 1 amide bonds. The van der Waals surface area contributed by atoms with Gasteiger partial charge in [0.1, 0.15) is 14.8 Å². The van der Waals surface area contributed by atoms with Crippen LogP contribution in [0.2, 0.25) is 8.67 Å². The van der Waals surface area contributed by atoms with E-state index in [-0.39, 0.29) is 28.2 Å². The maximum Gasteiger partial charge on any atom is 0.246 e. The molecular weight excluding hydrogens is 331 g/mol. The van der Waals surface area contributed by atoms with Crippen molar-refractivity contribution in [2.24, 2.45) is 0 Å². The summed E-state index contributed by atoms with van der Waals surface area (Å²) in [4.78, 5) is 11.8. The molecule has 1 aliphatic rings. The molecule has 0 aliphatic carbocycles. The standard InChI is InChI=1S/C10H12Cl2N2O3S2/c1-10(2)9(15)13-3-4-14(10)19(16,17)6-5-7(11)18-8(6)12/h5H,3-4H2,1-2H3,(H,13,15). The molecule has 0 radical (unpaired) electrons. The highest BCUT2D eigenvalue weighted by atomic mass is 35.5. The molecule has 1 aromatic heterocycles. The number of rotatable bonds is 2. The molecule has 1 N–H and O–H groups in total. The van der Waals surface area contributed by atoms with Gasteiger partial charge >= 0.3 is 0 Å². The molecule has 9 heteroatoms. The first kappa shape index (κ1) is 15.1. The minimum absolute atomic E-state index is 0.0491. The Bertz CT molecular complexity index is 625. The molecular formula is C10H12Cl2N2O3S2. The summed E-state index contributed by atoms with van der Waals surface area (Å²) in [6, 6.07) is 1.31. The summed E-state index contributed by atoms with van der Waals surface area (Å²) in [5.74, 6) is -0.334. The van der Waals surface area contributed by atoms with Crippen LogP contribution in [0.15, 0.2) is 11.0 Å². The number of carbonyl (C=O) groups is 1. The van der Waals surface area contributed by atoms with Crippen LogP contribution in [-0.4, -0.2) is 37.3 Å². The van der Waals surface area contributed by atoms with Gasteiger partial charge in [-0.25, -0.2) is 8.42 Å². The SMILES string of the molecule is CC1(C)C(=O)NCCN1S(=O)(=O)c1cc(Cl)sc1Cl. The zero-order valence-corrected chi connectivity index (χ0v) is 13.4. The number of piperazine rings is 1. The van der Waals surface area contributed by atoms with E-state index in [1.54, 1.807) is 13.8 Å². The lowest BCUT2D eigenvalue weighted by Crippen LogP contribution is -2.63. The second-order valence-corrected chi connectivity index (χ2v) is 8.70. The third-order valence-electron chi connectivity index (χ3n) is 2.97. The number of sulfonamides is 1. The van der Waals surface area contributed by atoms with Crippen LogP contribution in [0, 0.1) is 0 Å². The van der Waals surface area contributed by atoms with Crippen molar-refractivity contribution < 1.29 is 13.2 Å². The first-order valence-corrected chi connectivity index (χ1v) is 8.44. The average Bonchev–Trinajstić information content (AvgIpc) is 2.62. The fraction of sp³-hybridized carbons (Fsp3) is 0.500. The Hall–Kier alpha value is -0.340. The lowest BCUT2D eigenvalue weighted by atomic mass is 10.0. The second-order valence-electron chi connectivity index (χ2n) is 4.58. The quantitative estimate of drug-likeness (QED) is 0.893. The van der Waals surface area contributed by atoms with Gasteiger partial charge in [-0.05, 0) is 19.9 Å². The Kier molecular flexibility index (Phi) is 3.88. The smallest absolute Gasteiger partial charge is 0.246 e. The van der Waals surface area contributed by atoms with Crippen molar-refractivity contribution in [2.75, 3.05) is 13.1 Å². The summed E-state index contributed by atoms with van der Waals surface area (Å²) in [6.45, 7) is 3.59. The Morgan fingerprint density at radius 3 is 2.58 bits per heavy atom. The minimum atomic E-state index is -3.85. The molecule has 19 heavy (non-hydrogen) atoms. The van der Waals surface area contributed by atoms with Crippen LogP contribution >= 0.6 is 34.5 Å². The molecule has 2 rings (SSSR count). The molecule has 0 unspecified atom stereocenters. The molecule has 1 saturated heterocycles. The summed E-state index contributed by atoms with van der Waals surface area (Å²) in [6.07, 6.45) is 0. The largest absolute Gasteiger partial charge is 0.353 e. The van der Waals surface area contributed by atoms with Gasteiger partial charge in [-0.3, -0.25) is 4.79 Å². The van der Waals surface area contributed by atoms with Gasteiger partial charge in [-0.1, -0.05) is 23.2 Å². The van der Waals surface area contributed by atoms with E-state index in [1.807, 2.05) is 0 Å². The normalized spacial score (nSPS) is 20.3. The Balaban J connectivity index is 2.50. The Morgan fingerprint density at radius 1 is 1.42 bits per heavy atom. The summed E-state index contributed by atoms with van der Waals surface area (Å²) in [5.41, 5.74) is -1.16. The number of hydrogen-bond donors (Lipinski definition) is 1. The first-order chi connectivity index (χ1) is 8.67. The monoisotopic (exact) mass is 342 g/mol. The highest BCUT2D eigenvalue weighted by molar-refractivity contribution is 7.89. The number of nitrogens with zero attached hydrogens (tertiary/aromatic N) is 1. The lowest BCUT2D eigenvalue weighted by Gasteiger charge is -2.39. The van der Waals surface area contributed by atoms with E-state index in [0.717, 1.165) is 15.6 Å². The lowest BCUT2D eigenvalue weighted by molar-refractivity contribution is -0.131. The molecule has 1 aliphatic heterocycles. The van der Waals surface area contributed by atoms with Gasteiger partial charge in [0.2, 0.25) is 15.9 Å². The van der Waals surface area contributed by atoms with E-state index in [0.29, 0.717) is 4.34 Å². The first-order valence-electron chi connectivity index (χ1n) is 5.43. The molecule has 1 aromatic rings. The number of carbonyl (C=O) groups excluding carboxylic acids is 1. The summed E-state index contributed by atoms with van der Waals surface area (Å²) < 4.78 is 26.7. The van der Waals surface area contributed by atoms with Crippen molar-refractivity contribution in [1.82, 2.24) is 9.62 Å². The Morgan fingerprint density at radius 2 is 2.05 bits per heavy atom. The van der Waals surface area contributed by atoms with Crippen molar-refractivity contribution >= 4 is 50.5 Å². The number of halogens is 2. The molecule has 0 saturated carbocycles. The molecule has 0 aromatic carbocycles. The van der Waals surface area contributed by atoms with Crippen LogP contribution in [0.25, 0.3) is 0 Å². The van der Waals surface area contributed by atoms with E-state index < -0.39 is 15.6 Å². The summed E-state index contributed by atoms with van der Waals surface area (Å²) >= 11 is 12.7. The molecule has 0 bridgehead atoms. The number of thiophene rings is 1. The Labute approximate surface area is 125 Å². The zero-order valence-electron chi connectivity index (χ0n) is 10.2. The van der Waals surface area contributed by atoms with E-state index in [9.17, 15) is 13.2 Å². The molecule has 106 valence electrons. The highest BCUT2D eigenvalue weighted by Crippen LogP contribution is 2.37. The van der Waals surface area contributed by atoms with Crippen LogP contribution in [0.5, 0.6) is 0 Å². The van der Waals surface area contributed by atoms with Gasteiger partial charge in [0.15, 0.2) is 0 Å². The van der Waals surface area contributed by atoms with E-state index in [1.165, 1.54) is 6.07 Å². The van der Waals surface area contributed by atoms with Gasteiger partial charge < -0.3 is 5.32 Å². The van der Waals surface area contributed by atoms with Crippen molar-refractivity contribution in [1.29, 1.82) is 0 Å². The van der Waals surface area contributed by atoms with Crippen LogP contribution in [-0.2, 0) is 14.8 Å². The van der Waals surface area contributed by atoms with Gasteiger partial charge in [0, 0.05) is 13.1 Å². The maximum atomic E-state index is 12.6. The van der Waals surface area contributed by atoms with E-state index >= 15 is 0 Å². The maximum absolute atomic E-state index is 12.6. The predicted molar refractivity (Wildman–Crippen MR) is 75.3 cm³/mol. The fourth-order valence-corrected chi connectivity index (χ4v) is 5.79. The second kappa shape index (κ2) is 4.89. The van der Waals surface area contributed by atoms with E-state index in [4.69, 9.17) is 23.2 Å². The van der Waals surface area contributed by atoms with Crippen molar-refractivity contribution in [3.63, 3.8) is 0 Å². The third-order valence-corrected chi connectivity index (χ3v) is 6.80. The average molecular weight is 343 g/mol. The van der Waals surface area contributed by atoms with Crippen LogP contribution in [0.3, 0.4) is 0 Å². The predicted octanol–water partition coefficient (Wildman–Crippen LogP) is 1.95. The number of hydrogen-bond acceptors (Lipinski definition) is 4. The fourth-order valence-electron chi connectivity index (χ4n) is 1.92. The summed E-state index contributed by atoms with van der Waals surface area (Å²) in [7, 11) is -3.85. The minimum Gasteiger partial charge on any atom is -0.353 e. The third kappa shape index (κ3) is 2.50. The number of amides is 1. The van der Waals surface area contributed by atoms with E-state index in [2.05, 4.69) is 5.32 Å². The van der Waals surface area contributed by atoms with Crippen LogP contribution < -0.4 is 5.32 Å². The van der Waals surface area contributed by atoms with Gasteiger partial charge in [0.25, 0.3) is 0 Å². The van der Waals surface area contributed by atoms with Gasteiger partial charge in [-0.2, -0.15) is 4.31 Å². The molecule has 2 heterocycles. The molecule has 5 nitrogen and oxygen atoms in total. The van der Waals surface area contributed by atoms with Crippen molar-refractivity contribution in [2.45, 2.75) is 24.3 Å². The highest BCUT2D eigenvalue weighted by Gasteiger charge is 2.45. The molecule has 0 atom stereocenters. The van der Waals surface area contributed by atoms with Crippen molar-refractivity contribution in [3.8, 4) is 0 Å². The van der Waals surface area contributed by atoms with Gasteiger partial charge in [0.05, 0.1) is 4.34 Å². The van der Waals surface area contributed by atoms with Crippen LogP contribution in [0.4, 0.5) is 0 Å². The molecule has 1 fully saturated rings. The van der Waals surface area contributed by atoms with Crippen molar-refractivity contribution in [3.05, 3.63) is 14.7 Å². The van der Waals surface area contributed by atoms with Crippen LogP contribution in [0.1, 0.15) is 13.8 Å². The topological polar surface area (TPSA) is 66.5 Å². The number of nitrogens with one attached hydrogen (secondary N) is 1. The molecule has 0 spiro atoms. The summed E-state index contributed by atoms with van der Waals surface area (Å²) in [5, 5.41) is 2.64.